The monoisotopic (exact) mass is 481 g/mol. The van der Waals surface area contributed by atoms with Gasteiger partial charge in [0.25, 0.3) is 0 Å². The molecule has 0 aliphatic heterocycles. The van der Waals surface area contributed by atoms with Crippen LogP contribution in [0.2, 0.25) is 0 Å². The predicted octanol–water partition coefficient (Wildman–Crippen LogP) is 3.50. The predicted molar refractivity (Wildman–Crippen MR) is 121 cm³/mol. The van der Waals surface area contributed by atoms with Gasteiger partial charge in [-0.25, -0.2) is 0 Å². The molecule has 3 N–H and O–H groups in total. The van der Waals surface area contributed by atoms with Crippen LogP contribution < -0.4 is 20.5 Å². The minimum Gasteiger partial charge on any atom is -0.493 e. The van der Waals surface area contributed by atoms with Crippen LogP contribution in [0.4, 0.5) is 0 Å². The van der Waals surface area contributed by atoms with Crippen LogP contribution in [0.25, 0.3) is 0 Å². The number of methoxy groups -OCH3 is 2. The summed E-state index contributed by atoms with van der Waals surface area (Å²) in [7, 11) is 3.28. The van der Waals surface area contributed by atoms with Gasteiger partial charge in [-0.3, -0.25) is 4.99 Å². The third-order valence-electron chi connectivity index (χ3n) is 4.96. The molecule has 0 unspecified atom stereocenters. The summed E-state index contributed by atoms with van der Waals surface area (Å²) in [6.07, 6.45) is 3.19. The van der Waals surface area contributed by atoms with Crippen molar-refractivity contribution in [3.63, 3.8) is 0 Å². The normalized spacial score (nSPS) is 14.8. The summed E-state index contributed by atoms with van der Waals surface area (Å²) in [5.74, 6) is 1.98. The average Bonchev–Trinajstić information content (AvgIpc) is 3.48. The van der Waals surface area contributed by atoms with Gasteiger partial charge in [0.15, 0.2) is 17.5 Å². The van der Waals surface area contributed by atoms with Gasteiger partial charge in [0, 0.05) is 12.0 Å². The Bertz CT molecular complexity index is 761. The Kier molecular flexibility index (Phi) is 7.77. The van der Waals surface area contributed by atoms with Crippen LogP contribution in [0.15, 0.2) is 53.5 Å². The second kappa shape index (κ2) is 9.82. The summed E-state index contributed by atoms with van der Waals surface area (Å²) >= 11 is 0. The van der Waals surface area contributed by atoms with E-state index in [9.17, 15) is 0 Å². The first kappa shape index (κ1) is 21.3. The fourth-order valence-electron chi connectivity index (χ4n) is 3.14. The minimum absolute atomic E-state index is 0. The first-order valence-electron chi connectivity index (χ1n) is 8.97. The van der Waals surface area contributed by atoms with Gasteiger partial charge in [0.05, 0.1) is 20.8 Å². The van der Waals surface area contributed by atoms with Crippen LogP contribution in [-0.2, 0) is 11.8 Å². The number of ether oxygens (including phenoxy) is 2. The highest BCUT2D eigenvalue weighted by Crippen LogP contribution is 2.48. The lowest BCUT2D eigenvalue weighted by Gasteiger charge is -2.14. The average molecular weight is 481 g/mol. The zero-order chi connectivity index (χ0) is 18.4. The molecule has 0 aromatic heterocycles. The fourth-order valence-corrected chi connectivity index (χ4v) is 3.14. The second-order valence-corrected chi connectivity index (χ2v) is 6.71. The number of benzene rings is 2. The Morgan fingerprint density at radius 1 is 1.07 bits per heavy atom. The lowest BCUT2D eigenvalue weighted by molar-refractivity contribution is 0.354. The van der Waals surface area contributed by atoms with E-state index >= 15 is 0 Å². The van der Waals surface area contributed by atoms with Gasteiger partial charge < -0.3 is 20.5 Å². The fraction of sp³-hybridized carbons (Fsp3) is 0.381. The number of guanidine groups is 1. The number of hydrogen-bond donors (Lipinski definition) is 2. The van der Waals surface area contributed by atoms with Crippen molar-refractivity contribution in [3.8, 4) is 11.5 Å². The Morgan fingerprint density at radius 3 is 2.41 bits per heavy atom. The maximum absolute atomic E-state index is 6.05. The molecule has 1 saturated carbocycles. The van der Waals surface area contributed by atoms with Crippen molar-refractivity contribution in [1.82, 2.24) is 5.32 Å². The van der Waals surface area contributed by atoms with Crippen LogP contribution in [0.1, 0.15) is 24.0 Å². The maximum Gasteiger partial charge on any atom is 0.188 e. The summed E-state index contributed by atoms with van der Waals surface area (Å²) in [5, 5.41) is 3.20. The number of nitrogens with one attached hydrogen (secondary N) is 1. The van der Waals surface area contributed by atoms with Crippen molar-refractivity contribution < 1.29 is 9.47 Å². The molecule has 2 aromatic rings. The Hall–Kier alpha value is -1.96. The molecule has 1 aliphatic rings. The highest BCUT2D eigenvalue weighted by molar-refractivity contribution is 14.0. The molecular weight excluding hydrogens is 453 g/mol. The third kappa shape index (κ3) is 5.51. The molecule has 5 nitrogen and oxygen atoms in total. The first-order valence-corrected chi connectivity index (χ1v) is 8.97. The molecule has 0 spiro atoms. The SMILES string of the molecule is COc1ccc(CCNC(N)=NCC2(c3ccccc3)CC2)cc1OC.I. The molecule has 3 rings (SSSR count). The van der Waals surface area contributed by atoms with Crippen LogP contribution in [-0.4, -0.2) is 33.3 Å². The Morgan fingerprint density at radius 2 is 1.78 bits per heavy atom. The number of hydrogen-bond acceptors (Lipinski definition) is 3. The van der Waals surface area contributed by atoms with Gasteiger partial charge in [0.1, 0.15) is 0 Å². The van der Waals surface area contributed by atoms with Gasteiger partial charge in [0.2, 0.25) is 0 Å². The van der Waals surface area contributed by atoms with Crippen molar-refractivity contribution in [3.05, 3.63) is 59.7 Å². The molecule has 0 bridgehead atoms. The molecule has 2 aromatic carbocycles. The molecule has 1 fully saturated rings. The lowest BCUT2D eigenvalue weighted by Crippen LogP contribution is -2.34. The number of nitrogens with two attached hydrogens (primary N) is 1. The summed E-state index contributed by atoms with van der Waals surface area (Å²) in [5.41, 5.74) is 8.76. The van der Waals surface area contributed by atoms with E-state index in [-0.39, 0.29) is 29.4 Å². The first-order chi connectivity index (χ1) is 12.7. The van der Waals surface area contributed by atoms with Gasteiger partial charge in [-0.05, 0) is 42.5 Å². The topological polar surface area (TPSA) is 68.9 Å². The zero-order valence-corrected chi connectivity index (χ0v) is 18.2. The molecule has 0 heterocycles. The van der Waals surface area contributed by atoms with E-state index < -0.39 is 0 Å². The lowest BCUT2D eigenvalue weighted by atomic mass is 9.96. The van der Waals surface area contributed by atoms with Gasteiger partial charge in [-0.15, -0.1) is 24.0 Å². The van der Waals surface area contributed by atoms with Crippen molar-refractivity contribution in [2.45, 2.75) is 24.7 Å². The maximum atomic E-state index is 6.05. The molecule has 0 radical (unpaired) electrons. The molecule has 0 amide bonds. The Labute approximate surface area is 178 Å². The second-order valence-electron chi connectivity index (χ2n) is 6.71. The van der Waals surface area contributed by atoms with Crippen LogP contribution in [0.3, 0.4) is 0 Å². The van der Waals surface area contributed by atoms with E-state index in [4.69, 9.17) is 15.2 Å². The van der Waals surface area contributed by atoms with Crippen molar-refractivity contribution in [1.29, 1.82) is 0 Å². The highest BCUT2D eigenvalue weighted by Gasteiger charge is 2.43. The molecule has 1 aliphatic carbocycles. The summed E-state index contributed by atoms with van der Waals surface area (Å²) in [6, 6.07) is 16.5. The molecule has 6 heteroatoms. The van der Waals surface area contributed by atoms with E-state index in [1.165, 1.54) is 18.4 Å². The van der Waals surface area contributed by atoms with Crippen LogP contribution in [0.5, 0.6) is 11.5 Å². The molecule has 146 valence electrons. The number of nitrogens with zero attached hydrogens (tertiary/aromatic N) is 1. The van der Waals surface area contributed by atoms with Gasteiger partial charge >= 0.3 is 0 Å². The van der Waals surface area contributed by atoms with E-state index in [0.29, 0.717) is 5.96 Å². The van der Waals surface area contributed by atoms with Crippen molar-refractivity contribution in [2.75, 3.05) is 27.3 Å². The van der Waals surface area contributed by atoms with E-state index in [2.05, 4.69) is 34.6 Å². The summed E-state index contributed by atoms with van der Waals surface area (Å²) in [6.45, 7) is 1.47. The largest absolute Gasteiger partial charge is 0.493 e. The molecule has 0 atom stereocenters. The number of halogens is 1. The Balaban J connectivity index is 0.00000261. The summed E-state index contributed by atoms with van der Waals surface area (Å²) in [4.78, 5) is 4.57. The van der Waals surface area contributed by atoms with Crippen molar-refractivity contribution >= 4 is 29.9 Å². The van der Waals surface area contributed by atoms with Crippen LogP contribution in [0, 0.1) is 0 Å². The number of rotatable bonds is 8. The number of aliphatic imine (C=N–C) groups is 1. The van der Waals surface area contributed by atoms with E-state index in [0.717, 1.165) is 36.6 Å². The van der Waals surface area contributed by atoms with Crippen molar-refractivity contribution in [2.24, 2.45) is 10.7 Å². The minimum atomic E-state index is 0. The van der Waals surface area contributed by atoms with Gasteiger partial charge in [-0.1, -0.05) is 36.4 Å². The molecule has 27 heavy (non-hydrogen) atoms. The van der Waals surface area contributed by atoms with E-state index in [1.807, 2.05) is 24.3 Å². The smallest absolute Gasteiger partial charge is 0.188 e. The standard InChI is InChI=1S/C21H27N3O2.HI/c1-25-18-9-8-16(14-19(18)26-2)10-13-23-20(22)24-15-21(11-12-21)17-6-4-3-5-7-17;/h3-9,14H,10-13,15H2,1-2H3,(H3,22,23,24);1H. The highest BCUT2D eigenvalue weighted by atomic mass is 127. The zero-order valence-electron chi connectivity index (χ0n) is 15.9. The molecule has 0 saturated heterocycles. The molecular formula is C21H28IN3O2. The third-order valence-corrected chi connectivity index (χ3v) is 4.96. The summed E-state index contributed by atoms with van der Waals surface area (Å²) < 4.78 is 10.6. The van der Waals surface area contributed by atoms with Gasteiger partial charge in [-0.2, -0.15) is 0 Å². The van der Waals surface area contributed by atoms with E-state index in [1.54, 1.807) is 14.2 Å². The quantitative estimate of drug-likeness (QED) is 0.344. The van der Waals surface area contributed by atoms with Crippen LogP contribution >= 0.6 is 24.0 Å².